The molecule has 1 aromatic heterocycles. The number of aromatic nitrogens is 2. The first-order valence-corrected chi connectivity index (χ1v) is 10.1. The molecule has 6 nitrogen and oxygen atoms in total. The summed E-state index contributed by atoms with van der Waals surface area (Å²) in [7, 11) is 0. The van der Waals surface area contributed by atoms with Crippen LogP contribution in [0.4, 0.5) is 23.2 Å². The quantitative estimate of drug-likeness (QED) is 0.507. The highest BCUT2D eigenvalue weighted by molar-refractivity contribution is 6.06. The zero-order valence-corrected chi connectivity index (χ0v) is 18.1. The topological polar surface area (TPSA) is 76.0 Å². The van der Waals surface area contributed by atoms with Gasteiger partial charge in [0.1, 0.15) is 12.4 Å². The molecular weight excluding hydrogens is 440 g/mol. The van der Waals surface area contributed by atoms with Crippen LogP contribution in [-0.2, 0) is 0 Å². The lowest BCUT2D eigenvalue weighted by molar-refractivity contribution is -0.123. The summed E-state index contributed by atoms with van der Waals surface area (Å²) in [6.07, 6.45) is -3.14. The van der Waals surface area contributed by atoms with Crippen LogP contribution < -0.4 is 10.6 Å². The maximum absolute atomic E-state index is 13.3. The third-order valence-electron chi connectivity index (χ3n) is 4.87. The van der Waals surface area contributed by atoms with Crippen LogP contribution >= 0.6 is 0 Å². The summed E-state index contributed by atoms with van der Waals surface area (Å²) >= 11 is 0. The number of aryl methyl sites for hydroxylation is 1. The summed E-state index contributed by atoms with van der Waals surface area (Å²) in [6.45, 7) is 4.00. The van der Waals surface area contributed by atoms with Crippen molar-refractivity contribution in [2.45, 2.75) is 32.9 Å². The van der Waals surface area contributed by atoms with Crippen LogP contribution in [-0.4, -0.2) is 34.3 Å². The van der Waals surface area contributed by atoms with Gasteiger partial charge in [0.05, 0.1) is 23.1 Å². The number of carbonyl (C=O) groups excluding carboxylic acids is 2. The lowest BCUT2D eigenvalue weighted by atomic mass is 10.0. The molecule has 0 bridgehead atoms. The van der Waals surface area contributed by atoms with Crippen LogP contribution in [0.25, 0.3) is 5.69 Å². The van der Waals surface area contributed by atoms with Crippen LogP contribution in [0.2, 0.25) is 0 Å². The molecule has 2 N–H and O–H groups in total. The molecular formula is C23H22F4N4O2. The third kappa shape index (κ3) is 5.76. The number of alkyl halides is 3. The van der Waals surface area contributed by atoms with Gasteiger partial charge in [-0.05, 0) is 54.8 Å². The number of anilines is 1. The Labute approximate surface area is 187 Å². The van der Waals surface area contributed by atoms with Crippen LogP contribution in [0.5, 0.6) is 0 Å². The van der Waals surface area contributed by atoms with E-state index in [1.54, 1.807) is 29.1 Å². The number of amides is 2. The molecule has 0 saturated carbocycles. The minimum absolute atomic E-state index is 0.0220. The van der Waals surface area contributed by atoms with Gasteiger partial charge in [0, 0.05) is 11.3 Å². The lowest BCUT2D eigenvalue weighted by Gasteiger charge is -2.14. The number of hydrogen-bond donors (Lipinski definition) is 2. The molecule has 174 valence electrons. The van der Waals surface area contributed by atoms with Crippen molar-refractivity contribution in [3.8, 4) is 5.69 Å². The van der Waals surface area contributed by atoms with Crippen molar-refractivity contribution in [1.29, 1.82) is 0 Å². The molecule has 0 atom stereocenters. The second-order valence-corrected chi connectivity index (χ2v) is 7.77. The molecule has 0 saturated heterocycles. The molecule has 3 aromatic rings. The largest absolute Gasteiger partial charge is 0.405 e. The van der Waals surface area contributed by atoms with E-state index in [1.807, 2.05) is 13.8 Å². The molecule has 0 unspecified atom stereocenters. The average molecular weight is 462 g/mol. The van der Waals surface area contributed by atoms with E-state index in [-0.39, 0.29) is 22.7 Å². The fraction of sp³-hybridized carbons (Fsp3) is 0.261. The Morgan fingerprint density at radius 3 is 2.33 bits per heavy atom. The molecule has 0 aliphatic carbocycles. The van der Waals surface area contributed by atoms with Gasteiger partial charge in [0.25, 0.3) is 11.8 Å². The fourth-order valence-corrected chi connectivity index (χ4v) is 3.25. The summed E-state index contributed by atoms with van der Waals surface area (Å²) in [5.41, 5.74) is 2.33. The number of rotatable bonds is 6. The highest BCUT2D eigenvalue weighted by atomic mass is 19.4. The smallest absolute Gasteiger partial charge is 0.343 e. The molecule has 33 heavy (non-hydrogen) atoms. The van der Waals surface area contributed by atoms with Crippen molar-refractivity contribution >= 4 is 17.5 Å². The van der Waals surface area contributed by atoms with Crippen molar-refractivity contribution in [2.24, 2.45) is 0 Å². The van der Waals surface area contributed by atoms with Crippen LogP contribution in [0.15, 0.2) is 48.7 Å². The van der Waals surface area contributed by atoms with Gasteiger partial charge < -0.3 is 10.6 Å². The zero-order chi connectivity index (χ0) is 24.3. The van der Waals surface area contributed by atoms with Gasteiger partial charge in [-0.25, -0.2) is 9.07 Å². The number of halogens is 4. The van der Waals surface area contributed by atoms with E-state index in [1.165, 1.54) is 36.5 Å². The van der Waals surface area contributed by atoms with E-state index in [2.05, 4.69) is 10.4 Å². The highest BCUT2D eigenvalue weighted by Crippen LogP contribution is 2.25. The van der Waals surface area contributed by atoms with Crippen LogP contribution in [0.3, 0.4) is 0 Å². The minimum atomic E-state index is -4.53. The monoisotopic (exact) mass is 462 g/mol. The lowest BCUT2D eigenvalue weighted by Crippen LogP contribution is -2.33. The maximum atomic E-state index is 13.3. The normalized spacial score (nSPS) is 11.5. The van der Waals surface area contributed by atoms with E-state index in [0.29, 0.717) is 16.9 Å². The average Bonchev–Trinajstić information content (AvgIpc) is 3.19. The van der Waals surface area contributed by atoms with Crippen molar-refractivity contribution in [2.75, 3.05) is 11.9 Å². The van der Waals surface area contributed by atoms with Crippen molar-refractivity contribution in [3.63, 3.8) is 0 Å². The SMILES string of the molecule is Cc1ccc(C(=O)NCC(F)(F)F)cc1NC(=O)c1cnn(-c2ccc(F)cc2)c1C(C)C. The first kappa shape index (κ1) is 24.0. The second-order valence-electron chi connectivity index (χ2n) is 7.77. The van der Waals surface area contributed by atoms with Gasteiger partial charge in [-0.3, -0.25) is 9.59 Å². The molecule has 0 spiro atoms. The van der Waals surface area contributed by atoms with Crippen molar-refractivity contribution < 1.29 is 27.2 Å². The number of benzene rings is 2. The third-order valence-corrected chi connectivity index (χ3v) is 4.87. The summed E-state index contributed by atoms with van der Waals surface area (Å²) in [6, 6.07) is 9.90. The number of nitrogens with one attached hydrogen (secondary N) is 2. The number of hydrogen-bond acceptors (Lipinski definition) is 3. The van der Waals surface area contributed by atoms with Crippen molar-refractivity contribution in [3.05, 3.63) is 76.9 Å². The Hall–Kier alpha value is -3.69. The predicted octanol–water partition coefficient (Wildman–Crippen LogP) is 4.99. The van der Waals surface area contributed by atoms with E-state index >= 15 is 0 Å². The van der Waals surface area contributed by atoms with Gasteiger partial charge in [-0.2, -0.15) is 18.3 Å². The molecule has 0 radical (unpaired) electrons. The van der Waals surface area contributed by atoms with Gasteiger partial charge in [-0.15, -0.1) is 0 Å². The summed E-state index contributed by atoms with van der Waals surface area (Å²) in [4.78, 5) is 25.1. The van der Waals surface area contributed by atoms with Gasteiger partial charge in [0.2, 0.25) is 0 Å². The predicted molar refractivity (Wildman–Crippen MR) is 115 cm³/mol. The van der Waals surface area contributed by atoms with Gasteiger partial charge >= 0.3 is 6.18 Å². The molecule has 10 heteroatoms. The zero-order valence-electron chi connectivity index (χ0n) is 18.1. The summed E-state index contributed by atoms with van der Waals surface area (Å²) in [5, 5.41) is 8.79. The van der Waals surface area contributed by atoms with Crippen LogP contribution in [0, 0.1) is 12.7 Å². The van der Waals surface area contributed by atoms with Gasteiger partial charge in [-0.1, -0.05) is 19.9 Å². The summed E-state index contributed by atoms with van der Waals surface area (Å²) in [5.74, 6) is -1.92. The van der Waals surface area contributed by atoms with Crippen molar-refractivity contribution in [1.82, 2.24) is 15.1 Å². The first-order chi connectivity index (χ1) is 15.5. The summed E-state index contributed by atoms with van der Waals surface area (Å²) < 4.78 is 52.0. The number of nitrogens with zero attached hydrogens (tertiary/aromatic N) is 2. The molecule has 3 rings (SSSR count). The van der Waals surface area contributed by atoms with Gasteiger partial charge in [0.15, 0.2) is 0 Å². The molecule has 0 fully saturated rings. The molecule has 2 amide bonds. The standard InChI is InChI=1S/C23H22F4N4O2/c1-13(2)20-18(11-29-31(20)17-8-6-16(24)7-9-17)22(33)30-19-10-15(5-4-14(19)3)21(32)28-12-23(25,26)27/h4-11,13H,12H2,1-3H3,(H,28,32)(H,30,33). The Kier molecular flexibility index (Phi) is 6.85. The molecule has 0 aliphatic heterocycles. The Morgan fingerprint density at radius 2 is 1.73 bits per heavy atom. The first-order valence-electron chi connectivity index (χ1n) is 10.1. The molecule has 2 aromatic carbocycles. The molecule has 1 heterocycles. The fourth-order valence-electron chi connectivity index (χ4n) is 3.25. The Morgan fingerprint density at radius 1 is 1.06 bits per heavy atom. The van der Waals surface area contributed by atoms with Crippen LogP contribution in [0.1, 0.15) is 51.7 Å². The van der Waals surface area contributed by atoms with E-state index in [0.717, 1.165) is 0 Å². The highest BCUT2D eigenvalue weighted by Gasteiger charge is 2.28. The van der Waals surface area contributed by atoms with E-state index < -0.39 is 30.4 Å². The molecule has 0 aliphatic rings. The number of carbonyl (C=O) groups is 2. The van der Waals surface area contributed by atoms with E-state index in [9.17, 15) is 27.2 Å². The Bertz CT molecular complexity index is 1170. The second kappa shape index (κ2) is 9.43. The maximum Gasteiger partial charge on any atom is 0.405 e. The Balaban J connectivity index is 1.87. The minimum Gasteiger partial charge on any atom is -0.343 e. The van der Waals surface area contributed by atoms with E-state index in [4.69, 9.17) is 0 Å².